The number of fused-ring (bicyclic) bond motifs is 3. The Balaban J connectivity index is 1.55. The van der Waals surface area contributed by atoms with Gasteiger partial charge in [-0.1, -0.05) is 0 Å². The van der Waals surface area contributed by atoms with E-state index in [0.717, 1.165) is 54.2 Å². The second-order valence-electron chi connectivity index (χ2n) is 7.18. The lowest BCUT2D eigenvalue weighted by molar-refractivity contribution is -0.123. The number of hydrogen-bond acceptors (Lipinski definition) is 7. The van der Waals surface area contributed by atoms with Crippen LogP contribution in [-0.4, -0.2) is 50.6 Å². The van der Waals surface area contributed by atoms with Crippen molar-refractivity contribution in [3.05, 3.63) is 36.0 Å². The van der Waals surface area contributed by atoms with E-state index in [-0.39, 0.29) is 5.91 Å². The van der Waals surface area contributed by atoms with Crippen LogP contribution in [0.4, 0.5) is 17.3 Å². The van der Waals surface area contributed by atoms with E-state index >= 15 is 0 Å². The summed E-state index contributed by atoms with van der Waals surface area (Å²) in [4.78, 5) is 28.1. The highest BCUT2D eigenvalue weighted by Gasteiger charge is 2.51. The predicted octanol–water partition coefficient (Wildman–Crippen LogP) is 1.17. The number of carbonyl (C=O) groups is 1. The number of amides is 1. The van der Waals surface area contributed by atoms with Crippen LogP contribution in [0, 0.1) is 6.92 Å². The van der Waals surface area contributed by atoms with E-state index in [1.54, 1.807) is 22.7 Å². The van der Waals surface area contributed by atoms with Gasteiger partial charge in [-0.3, -0.25) is 4.79 Å². The van der Waals surface area contributed by atoms with Gasteiger partial charge in [0.25, 0.3) is 0 Å². The third-order valence-corrected chi connectivity index (χ3v) is 5.62. The first kappa shape index (κ1) is 16.1. The molecule has 0 atom stereocenters. The van der Waals surface area contributed by atoms with Crippen molar-refractivity contribution in [2.45, 2.75) is 25.2 Å². The molecule has 3 aromatic heterocycles. The number of nitrogens with one attached hydrogen (secondary N) is 2. The second kappa shape index (κ2) is 5.71. The van der Waals surface area contributed by atoms with Gasteiger partial charge in [0, 0.05) is 7.05 Å². The van der Waals surface area contributed by atoms with Crippen molar-refractivity contribution in [3.8, 4) is 0 Å². The molecule has 1 amide bonds. The quantitative estimate of drug-likeness (QED) is 0.704. The van der Waals surface area contributed by atoms with E-state index in [9.17, 15) is 4.79 Å². The van der Waals surface area contributed by atoms with Crippen LogP contribution in [0.2, 0.25) is 0 Å². The SMILES string of the molecule is Cc1cc2ncnn2cc1Nc1ncc2c(n1)C1(CCNCC1)C(=O)N2C. The van der Waals surface area contributed by atoms with Crippen LogP contribution in [0.5, 0.6) is 0 Å². The smallest absolute Gasteiger partial charge is 0.239 e. The van der Waals surface area contributed by atoms with Crippen molar-refractivity contribution in [1.82, 2.24) is 29.9 Å². The van der Waals surface area contributed by atoms with Crippen LogP contribution in [0.1, 0.15) is 24.1 Å². The molecule has 2 aliphatic rings. The number of aryl methyl sites for hydroxylation is 1. The Morgan fingerprint density at radius 2 is 2.07 bits per heavy atom. The summed E-state index contributed by atoms with van der Waals surface area (Å²) < 4.78 is 1.70. The van der Waals surface area contributed by atoms with Gasteiger partial charge in [-0.25, -0.2) is 19.5 Å². The van der Waals surface area contributed by atoms with Gasteiger partial charge in [0.05, 0.1) is 34.9 Å². The number of nitrogens with zero attached hydrogens (tertiary/aromatic N) is 6. The van der Waals surface area contributed by atoms with Crippen molar-refractivity contribution in [2.75, 3.05) is 30.4 Å². The molecule has 9 heteroatoms. The molecule has 138 valence electrons. The van der Waals surface area contributed by atoms with Gasteiger partial charge in [-0.15, -0.1) is 0 Å². The number of rotatable bonds is 2. The van der Waals surface area contributed by atoms with Crippen LogP contribution < -0.4 is 15.5 Å². The number of anilines is 3. The van der Waals surface area contributed by atoms with Gasteiger partial charge < -0.3 is 15.5 Å². The number of likely N-dealkylation sites (N-methyl/N-ethyl adjacent to an activating group) is 1. The van der Waals surface area contributed by atoms with Crippen molar-refractivity contribution < 1.29 is 4.79 Å². The Morgan fingerprint density at radius 3 is 2.89 bits per heavy atom. The maximum atomic E-state index is 13.0. The van der Waals surface area contributed by atoms with Crippen LogP contribution in [0.3, 0.4) is 0 Å². The Hall–Kier alpha value is -3.07. The monoisotopic (exact) mass is 364 g/mol. The number of aromatic nitrogens is 5. The third kappa shape index (κ3) is 2.31. The molecule has 1 saturated heterocycles. The van der Waals surface area contributed by atoms with Crippen molar-refractivity contribution >= 4 is 28.9 Å². The maximum absolute atomic E-state index is 13.0. The first-order valence-corrected chi connectivity index (χ1v) is 9.02. The summed E-state index contributed by atoms with van der Waals surface area (Å²) in [5.74, 6) is 0.600. The molecule has 9 nitrogen and oxygen atoms in total. The Morgan fingerprint density at radius 1 is 1.26 bits per heavy atom. The van der Waals surface area contributed by atoms with Gasteiger partial charge in [0.1, 0.15) is 6.33 Å². The number of pyridine rings is 1. The zero-order chi connectivity index (χ0) is 18.6. The molecule has 0 aromatic carbocycles. The normalized spacial score (nSPS) is 18.3. The lowest BCUT2D eigenvalue weighted by atomic mass is 9.77. The highest BCUT2D eigenvalue weighted by atomic mass is 16.2. The Kier molecular flexibility index (Phi) is 3.41. The summed E-state index contributed by atoms with van der Waals surface area (Å²) in [6.45, 7) is 3.62. The fourth-order valence-corrected chi connectivity index (χ4v) is 4.08. The predicted molar refractivity (Wildman–Crippen MR) is 100 cm³/mol. The van der Waals surface area contributed by atoms with Crippen LogP contribution in [0.15, 0.2) is 24.8 Å². The summed E-state index contributed by atoms with van der Waals surface area (Å²) in [6.07, 6.45) is 6.63. The zero-order valence-electron chi connectivity index (χ0n) is 15.2. The minimum Gasteiger partial charge on any atom is -0.323 e. The summed E-state index contributed by atoms with van der Waals surface area (Å²) >= 11 is 0. The summed E-state index contributed by atoms with van der Waals surface area (Å²) in [5, 5.41) is 10.8. The molecular weight excluding hydrogens is 344 g/mol. The van der Waals surface area contributed by atoms with Gasteiger partial charge in [-0.05, 0) is 44.5 Å². The first-order valence-electron chi connectivity index (χ1n) is 9.02. The zero-order valence-corrected chi connectivity index (χ0v) is 15.2. The highest BCUT2D eigenvalue weighted by Crippen LogP contribution is 2.45. The molecule has 1 fully saturated rings. The molecule has 2 N–H and O–H groups in total. The molecule has 27 heavy (non-hydrogen) atoms. The average Bonchev–Trinajstić information content (AvgIpc) is 3.21. The highest BCUT2D eigenvalue weighted by molar-refractivity contribution is 6.07. The standard InChI is InChI=1S/C18H20N8O/c1-11-7-14-21-10-22-26(14)9-12(11)23-17-20-8-13-15(24-17)18(16(27)25(13)2)3-5-19-6-4-18/h7-10,19H,3-6H2,1-2H3,(H,20,23,24). The minimum atomic E-state index is -0.542. The Labute approximate surface area is 155 Å². The maximum Gasteiger partial charge on any atom is 0.239 e. The van der Waals surface area contributed by atoms with E-state index in [1.165, 1.54) is 6.33 Å². The lowest BCUT2D eigenvalue weighted by Gasteiger charge is -2.31. The lowest BCUT2D eigenvalue weighted by Crippen LogP contribution is -2.46. The van der Waals surface area contributed by atoms with Gasteiger partial charge >= 0.3 is 0 Å². The van der Waals surface area contributed by atoms with E-state index in [0.29, 0.717) is 5.95 Å². The van der Waals surface area contributed by atoms with Crippen molar-refractivity contribution in [2.24, 2.45) is 0 Å². The molecule has 0 saturated carbocycles. The molecule has 5 heterocycles. The fraction of sp³-hybridized carbons (Fsp3) is 0.389. The molecular formula is C18H20N8O. The summed E-state index contributed by atoms with van der Waals surface area (Å²) in [6, 6.07) is 1.95. The van der Waals surface area contributed by atoms with Crippen molar-refractivity contribution in [1.29, 1.82) is 0 Å². The number of hydrogen-bond donors (Lipinski definition) is 2. The van der Waals surface area contributed by atoms with E-state index in [4.69, 9.17) is 4.98 Å². The summed E-state index contributed by atoms with van der Waals surface area (Å²) in [7, 11) is 1.80. The van der Waals surface area contributed by atoms with Crippen LogP contribution in [0.25, 0.3) is 5.65 Å². The average molecular weight is 364 g/mol. The van der Waals surface area contributed by atoms with E-state index < -0.39 is 5.41 Å². The first-order chi connectivity index (χ1) is 13.1. The molecule has 1 spiro atoms. The molecule has 0 radical (unpaired) electrons. The van der Waals surface area contributed by atoms with Gasteiger partial charge in [0.15, 0.2) is 5.65 Å². The number of carbonyl (C=O) groups excluding carboxylic acids is 1. The van der Waals surface area contributed by atoms with Crippen LogP contribution >= 0.6 is 0 Å². The topological polar surface area (TPSA) is 100 Å². The summed E-state index contributed by atoms with van der Waals surface area (Å²) in [5.41, 5.74) is 3.74. The number of piperidine rings is 1. The second-order valence-corrected chi connectivity index (χ2v) is 7.18. The molecule has 3 aromatic rings. The molecule has 5 rings (SSSR count). The molecule has 0 bridgehead atoms. The van der Waals surface area contributed by atoms with Gasteiger partial charge in [0.2, 0.25) is 11.9 Å². The molecule has 2 aliphatic heterocycles. The largest absolute Gasteiger partial charge is 0.323 e. The molecule has 0 unspecified atom stereocenters. The van der Waals surface area contributed by atoms with Gasteiger partial charge in [-0.2, -0.15) is 5.10 Å². The molecule has 0 aliphatic carbocycles. The van der Waals surface area contributed by atoms with E-state index in [1.807, 2.05) is 19.2 Å². The fourth-order valence-electron chi connectivity index (χ4n) is 4.08. The van der Waals surface area contributed by atoms with Crippen LogP contribution in [-0.2, 0) is 10.2 Å². The minimum absolute atomic E-state index is 0.116. The Bertz CT molecular complexity index is 1050. The van der Waals surface area contributed by atoms with E-state index in [2.05, 4.69) is 25.7 Å². The third-order valence-electron chi connectivity index (χ3n) is 5.62. The van der Waals surface area contributed by atoms with Crippen molar-refractivity contribution in [3.63, 3.8) is 0 Å².